The quantitative estimate of drug-likeness (QED) is 0.323. The van der Waals surface area contributed by atoms with E-state index < -0.39 is 0 Å². The van der Waals surface area contributed by atoms with Gasteiger partial charge in [0.2, 0.25) is 0 Å². The molecule has 5 atom stereocenters. The predicted molar refractivity (Wildman–Crippen MR) is 117 cm³/mol. The number of halogens is 1. The average Bonchev–Trinajstić information content (AvgIpc) is 3.12. The molecular formula is C26H30INO4. The van der Waals surface area contributed by atoms with Gasteiger partial charge in [0.25, 0.3) is 0 Å². The fraction of sp³-hybridized carbons (Fsp3) is 0.500. The van der Waals surface area contributed by atoms with E-state index in [9.17, 15) is 4.79 Å². The molecular weight excluding hydrogens is 517 g/mol. The number of hydrogen-bond donors (Lipinski definition) is 0. The van der Waals surface area contributed by atoms with Gasteiger partial charge >= 0.3 is 5.97 Å². The first-order chi connectivity index (χ1) is 15.0. The highest BCUT2D eigenvalue weighted by Gasteiger charge is 2.69. The number of hydrogen-bond acceptors (Lipinski definition) is 4. The standard InChI is InChI=1S/C26H30NO4.HI/c1-27(2)14-13-26-21-12-11-19(30-25(28)16-7-5-4-6-8-16)23(26)18(27)15-17-9-10-20(29-3)24(31-21)22(17)26;/h4-10,18-19,21,23H,11-15H2,1-3H3;1H/q+1;/p-1/t18-,19+,21+,23-,26-;/m1./s1. The van der Waals surface area contributed by atoms with E-state index in [0.29, 0.717) is 11.6 Å². The minimum Gasteiger partial charge on any atom is -1.00 e. The highest BCUT2D eigenvalue weighted by atomic mass is 127. The second-order valence-corrected chi connectivity index (χ2v) is 10.2. The summed E-state index contributed by atoms with van der Waals surface area (Å²) >= 11 is 0. The lowest BCUT2D eigenvalue weighted by molar-refractivity contribution is -0.927. The Morgan fingerprint density at radius 3 is 2.66 bits per heavy atom. The normalized spacial score (nSPS) is 32.7. The maximum Gasteiger partial charge on any atom is 0.338 e. The van der Waals surface area contributed by atoms with E-state index in [2.05, 4.69) is 26.2 Å². The fourth-order valence-electron chi connectivity index (χ4n) is 7.12. The largest absolute Gasteiger partial charge is 1.00 e. The van der Waals surface area contributed by atoms with Crippen molar-refractivity contribution in [1.29, 1.82) is 0 Å². The van der Waals surface area contributed by atoms with Crippen molar-refractivity contribution in [2.45, 2.75) is 49.3 Å². The lowest BCUT2D eigenvalue weighted by atomic mass is 9.50. The molecule has 4 aliphatic rings. The molecule has 2 aromatic carbocycles. The number of methoxy groups -OCH3 is 1. The molecule has 170 valence electrons. The molecule has 0 N–H and O–H groups in total. The highest BCUT2D eigenvalue weighted by molar-refractivity contribution is 5.89. The van der Waals surface area contributed by atoms with Crippen molar-refractivity contribution >= 4 is 5.97 Å². The van der Waals surface area contributed by atoms with Crippen molar-refractivity contribution < 1.29 is 47.5 Å². The summed E-state index contributed by atoms with van der Waals surface area (Å²) in [5.74, 6) is 1.82. The van der Waals surface area contributed by atoms with Gasteiger partial charge in [0.05, 0.1) is 44.6 Å². The first-order valence-electron chi connectivity index (χ1n) is 11.4. The van der Waals surface area contributed by atoms with Crippen LogP contribution in [0.4, 0.5) is 0 Å². The molecule has 32 heavy (non-hydrogen) atoms. The first kappa shape index (κ1) is 22.0. The number of benzene rings is 2. The number of carbonyl (C=O) groups is 1. The number of likely N-dealkylation sites (tertiary alicyclic amines) is 1. The topological polar surface area (TPSA) is 44.8 Å². The van der Waals surface area contributed by atoms with Gasteiger partial charge in [-0.3, -0.25) is 0 Å². The number of esters is 1. The van der Waals surface area contributed by atoms with Crippen LogP contribution in [0.3, 0.4) is 0 Å². The van der Waals surface area contributed by atoms with E-state index >= 15 is 0 Å². The third-order valence-corrected chi connectivity index (χ3v) is 8.55. The fourth-order valence-corrected chi connectivity index (χ4v) is 7.12. The molecule has 0 radical (unpaired) electrons. The number of likely N-dealkylation sites (N-methyl/N-ethyl adjacent to an activating group) is 1. The van der Waals surface area contributed by atoms with Crippen molar-refractivity contribution in [2.75, 3.05) is 27.7 Å². The Morgan fingerprint density at radius 2 is 1.91 bits per heavy atom. The summed E-state index contributed by atoms with van der Waals surface area (Å²) in [6, 6.07) is 14.1. The summed E-state index contributed by atoms with van der Waals surface area (Å²) in [4.78, 5) is 13.0. The van der Waals surface area contributed by atoms with Crippen molar-refractivity contribution in [3.8, 4) is 11.5 Å². The molecule has 2 aliphatic heterocycles. The molecule has 2 bridgehead atoms. The number of piperidine rings is 1. The summed E-state index contributed by atoms with van der Waals surface area (Å²) in [5, 5.41) is 0. The van der Waals surface area contributed by atoms with Crippen LogP contribution in [0.1, 0.15) is 40.7 Å². The maximum atomic E-state index is 13.0. The van der Waals surface area contributed by atoms with Crippen LogP contribution in [0.5, 0.6) is 11.5 Å². The molecule has 5 nitrogen and oxygen atoms in total. The van der Waals surface area contributed by atoms with Gasteiger partial charge in [0.1, 0.15) is 18.2 Å². The minimum atomic E-state index is -0.209. The van der Waals surface area contributed by atoms with Gasteiger partial charge in [0.15, 0.2) is 11.5 Å². The van der Waals surface area contributed by atoms with Crippen molar-refractivity contribution in [2.24, 2.45) is 5.92 Å². The van der Waals surface area contributed by atoms with E-state index in [1.54, 1.807) is 7.11 Å². The van der Waals surface area contributed by atoms with Crippen LogP contribution in [0, 0.1) is 5.92 Å². The summed E-state index contributed by atoms with van der Waals surface area (Å²) in [5.41, 5.74) is 3.27. The van der Waals surface area contributed by atoms with Crippen LogP contribution in [0.25, 0.3) is 0 Å². The third-order valence-electron chi connectivity index (χ3n) is 8.55. The minimum absolute atomic E-state index is 0. The predicted octanol–water partition coefficient (Wildman–Crippen LogP) is 0.738. The van der Waals surface area contributed by atoms with Crippen LogP contribution in [0.2, 0.25) is 0 Å². The van der Waals surface area contributed by atoms with Gasteiger partial charge in [-0.2, -0.15) is 0 Å². The monoisotopic (exact) mass is 547 g/mol. The first-order valence-corrected chi connectivity index (χ1v) is 11.4. The molecule has 0 aromatic heterocycles. The van der Waals surface area contributed by atoms with Crippen molar-refractivity contribution in [3.05, 3.63) is 59.2 Å². The zero-order valence-electron chi connectivity index (χ0n) is 18.8. The van der Waals surface area contributed by atoms with Crippen LogP contribution in [-0.2, 0) is 16.6 Å². The Labute approximate surface area is 206 Å². The third kappa shape index (κ3) is 2.87. The molecule has 0 unspecified atom stereocenters. The molecule has 2 fully saturated rings. The van der Waals surface area contributed by atoms with E-state index in [1.807, 2.05) is 30.3 Å². The van der Waals surface area contributed by atoms with Gasteiger partial charge in [-0.15, -0.1) is 0 Å². The average molecular weight is 547 g/mol. The van der Waals surface area contributed by atoms with E-state index in [1.165, 1.54) is 11.1 Å². The maximum absolute atomic E-state index is 13.0. The SMILES string of the molecule is COc1ccc2c3c1O[C@H]1CC[C@H](OC(=O)c4ccccc4)[C@H]4[C@@H](C2)[N+](C)(C)CC[C@@]341.[I-]. The highest BCUT2D eigenvalue weighted by Crippen LogP contribution is 2.64. The zero-order valence-corrected chi connectivity index (χ0v) is 21.0. The van der Waals surface area contributed by atoms with Crippen molar-refractivity contribution in [1.82, 2.24) is 0 Å². The van der Waals surface area contributed by atoms with Crippen LogP contribution in [-0.4, -0.2) is 56.5 Å². The lowest BCUT2D eigenvalue weighted by Gasteiger charge is -2.61. The summed E-state index contributed by atoms with van der Waals surface area (Å²) in [6.07, 6.45) is 3.83. The number of carbonyl (C=O) groups excluding carboxylic acids is 1. The molecule has 2 aliphatic carbocycles. The molecule has 6 rings (SSSR count). The zero-order chi connectivity index (χ0) is 21.4. The number of ether oxygens (including phenoxy) is 3. The summed E-state index contributed by atoms with van der Waals surface area (Å²) < 4.78 is 19.6. The molecule has 1 spiro atoms. The molecule has 0 amide bonds. The Morgan fingerprint density at radius 1 is 1.12 bits per heavy atom. The van der Waals surface area contributed by atoms with Gasteiger partial charge < -0.3 is 42.7 Å². The molecule has 2 heterocycles. The van der Waals surface area contributed by atoms with E-state index in [4.69, 9.17) is 14.2 Å². The number of quaternary nitrogens is 1. The smallest absolute Gasteiger partial charge is 0.338 e. The molecule has 2 aromatic rings. The second-order valence-electron chi connectivity index (χ2n) is 10.2. The van der Waals surface area contributed by atoms with Crippen LogP contribution >= 0.6 is 0 Å². The Balaban J connectivity index is 0.00000216. The van der Waals surface area contributed by atoms with Gasteiger partial charge in [-0.25, -0.2) is 4.79 Å². The summed E-state index contributed by atoms with van der Waals surface area (Å²) in [6.45, 7) is 1.11. The summed E-state index contributed by atoms with van der Waals surface area (Å²) in [7, 11) is 6.39. The molecule has 6 heteroatoms. The van der Waals surface area contributed by atoms with Crippen LogP contribution < -0.4 is 33.5 Å². The van der Waals surface area contributed by atoms with Gasteiger partial charge in [-0.05, 0) is 36.6 Å². The second kappa shape index (κ2) is 7.62. The van der Waals surface area contributed by atoms with Gasteiger partial charge in [0, 0.05) is 18.4 Å². The molecule has 1 saturated heterocycles. The van der Waals surface area contributed by atoms with Crippen LogP contribution in [0.15, 0.2) is 42.5 Å². The van der Waals surface area contributed by atoms with E-state index in [-0.39, 0.29) is 53.5 Å². The number of rotatable bonds is 3. The van der Waals surface area contributed by atoms with E-state index in [0.717, 1.165) is 48.2 Å². The van der Waals surface area contributed by atoms with Gasteiger partial charge in [-0.1, -0.05) is 24.3 Å². The van der Waals surface area contributed by atoms with Crippen molar-refractivity contribution in [3.63, 3.8) is 0 Å². The molecule has 1 saturated carbocycles. The number of nitrogens with zero attached hydrogens (tertiary/aromatic N) is 1. The Bertz CT molecular complexity index is 1060. The lowest BCUT2D eigenvalue weighted by Crippen LogP contribution is -3.00. The Kier molecular flexibility index (Phi) is 5.24. The Hall–Kier alpha value is -1.80.